The van der Waals surface area contributed by atoms with Crippen molar-refractivity contribution in [3.05, 3.63) is 120 Å². The Morgan fingerprint density at radius 3 is 2.15 bits per heavy atom. The summed E-state index contributed by atoms with van der Waals surface area (Å²) in [4.78, 5) is 24.3. The number of rotatable bonds is 8. The second kappa shape index (κ2) is 10.2. The summed E-state index contributed by atoms with van der Waals surface area (Å²) in [6, 6.07) is 28.4. The highest BCUT2D eigenvalue weighted by atomic mass is 16.5. The molecular weight excluding hydrogens is 414 g/mol. The number of benzene rings is 3. The van der Waals surface area contributed by atoms with Crippen LogP contribution < -0.4 is 5.73 Å². The molecule has 1 atom stereocenters. The molecule has 164 valence electrons. The highest BCUT2D eigenvalue weighted by Gasteiger charge is 2.21. The predicted octanol–water partition coefficient (Wildman–Crippen LogP) is 4.38. The van der Waals surface area contributed by atoms with E-state index in [4.69, 9.17) is 15.6 Å². The smallest absolute Gasteiger partial charge is 0.331 e. The fraction of sp³-hybridized carbons (Fsp3) is 0.0741. The third-order valence-corrected chi connectivity index (χ3v) is 5.02. The Kier molecular flexibility index (Phi) is 6.75. The first kappa shape index (κ1) is 21.8. The van der Waals surface area contributed by atoms with E-state index in [0.29, 0.717) is 12.1 Å². The van der Waals surface area contributed by atoms with E-state index < -0.39 is 18.0 Å². The van der Waals surface area contributed by atoms with Gasteiger partial charge in [0.25, 0.3) is 5.91 Å². The van der Waals surface area contributed by atoms with Gasteiger partial charge >= 0.3 is 5.97 Å². The Morgan fingerprint density at radius 2 is 1.52 bits per heavy atom. The first-order valence-electron chi connectivity index (χ1n) is 10.5. The molecule has 1 aromatic heterocycles. The summed E-state index contributed by atoms with van der Waals surface area (Å²) in [5.74, 6) is -1.40. The number of carbonyl (C=O) groups is 2. The molecule has 3 aromatic carbocycles. The van der Waals surface area contributed by atoms with Gasteiger partial charge in [-0.15, -0.1) is 0 Å². The molecule has 0 fully saturated rings. The number of esters is 1. The second-order valence-electron chi connectivity index (χ2n) is 7.45. The van der Waals surface area contributed by atoms with Crippen LogP contribution in [0.25, 0.3) is 17.3 Å². The van der Waals surface area contributed by atoms with Gasteiger partial charge < -0.3 is 10.5 Å². The van der Waals surface area contributed by atoms with Crippen LogP contribution in [0.15, 0.2) is 103 Å². The quantitative estimate of drug-likeness (QED) is 0.327. The molecule has 6 nitrogen and oxygen atoms in total. The summed E-state index contributed by atoms with van der Waals surface area (Å²) >= 11 is 0. The van der Waals surface area contributed by atoms with Gasteiger partial charge in [-0.2, -0.15) is 5.10 Å². The minimum Gasteiger partial charge on any atom is -0.444 e. The van der Waals surface area contributed by atoms with Crippen LogP contribution in [0, 0.1) is 0 Å². The Labute approximate surface area is 191 Å². The molecule has 0 aliphatic heterocycles. The summed E-state index contributed by atoms with van der Waals surface area (Å²) in [6.45, 7) is 0.594. The summed E-state index contributed by atoms with van der Waals surface area (Å²) < 4.78 is 7.17. The van der Waals surface area contributed by atoms with E-state index in [9.17, 15) is 9.59 Å². The topological polar surface area (TPSA) is 87.2 Å². The maximum absolute atomic E-state index is 12.5. The Morgan fingerprint density at radius 1 is 0.909 bits per heavy atom. The van der Waals surface area contributed by atoms with Crippen molar-refractivity contribution < 1.29 is 14.3 Å². The van der Waals surface area contributed by atoms with Crippen LogP contribution in [0.5, 0.6) is 0 Å². The van der Waals surface area contributed by atoms with Crippen LogP contribution in [-0.4, -0.2) is 21.7 Å². The van der Waals surface area contributed by atoms with Crippen LogP contribution in [0.2, 0.25) is 0 Å². The van der Waals surface area contributed by atoms with Gasteiger partial charge in [0.2, 0.25) is 6.10 Å². The molecule has 6 heteroatoms. The summed E-state index contributed by atoms with van der Waals surface area (Å²) in [5.41, 5.74) is 9.50. The van der Waals surface area contributed by atoms with Crippen molar-refractivity contribution in [3.8, 4) is 11.3 Å². The van der Waals surface area contributed by atoms with Gasteiger partial charge in [0.05, 0.1) is 12.2 Å². The van der Waals surface area contributed by atoms with E-state index in [1.165, 1.54) is 6.08 Å². The number of nitrogens with two attached hydrogens (primary N) is 1. The van der Waals surface area contributed by atoms with Crippen molar-refractivity contribution in [2.75, 3.05) is 0 Å². The van der Waals surface area contributed by atoms with Gasteiger partial charge in [0.15, 0.2) is 0 Å². The normalized spacial score (nSPS) is 11.9. The minimum absolute atomic E-state index is 0.521. The molecule has 0 aliphatic rings. The maximum atomic E-state index is 12.5. The largest absolute Gasteiger partial charge is 0.444 e. The van der Waals surface area contributed by atoms with Gasteiger partial charge in [-0.1, -0.05) is 91.0 Å². The summed E-state index contributed by atoms with van der Waals surface area (Å²) in [7, 11) is 0. The van der Waals surface area contributed by atoms with Gasteiger partial charge in [-0.3, -0.25) is 9.48 Å². The Hall–Kier alpha value is -4.45. The average Bonchev–Trinajstić information content (AvgIpc) is 3.25. The van der Waals surface area contributed by atoms with Crippen molar-refractivity contribution in [1.82, 2.24) is 9.78 Å². The number of nitrogens with zero attached hydrogens (tertiary/aromatic N) is 2. The van der Waals surface area contributed by atoms with E-state index in [0.717, 1.165) is 22.4 Å². The van der Waals surface area contributed by atoms with Crippen LogP contribution in [0.1, 0.15) is 22.8 Å². The molecule has 0 saturated heterocycles. The Balaban J connectivity index is 1.58. The monoisotopic (exact) mass is 437 g/mol. The standard InChI is InChI=1S/C27H23N3O3/c28-27(32)26(22-14-8-3-9-15-22)33-24(31)17-16-23-19-30(18-20-10-4-1-5-11-20)29-25(23)21-12-6-2-7-13-21/h1-17,19,26H,18H2,(H2,28,32)/b17-16+. The molecule has 2 N–H and O–H groups in total. The number of hydrogen-bond acceptors (Lipinski definition) is 4. The van der Waals surface area contributed by atoms with Crippen molar-refractivity contribution in [2.24, 2.45) is 5.73 Å². The molecule has 0 radical (unpaired) electrons. The summed E-state index contributed by atoms with van der Waals surface area (Å²) in [6.07, 6.45) is 3.65. The van der Waals surface area contributed by atoms with Gasteiger partial charge in [-0.25, -0.2) is 4.79 Å². The highest BCUT2D eigenvalue weighted by molar-refractivity contribution is 5.91. The fourth-order valence-corrected chi connectivity index (χ4v) is 3.46. The van der Waals surface area contributed by atoms with Crippen molar-refractivity contribution in [2.45, 2.75) is 12.6 Å². The van der Waals surface area contributed by atoms with Gasteiger partial charge in [-0.05, 0) is 11.6 Å². The molecular formula is C27H23N3O3. The second-order valence-corrected chi connectivity index (χ2v) is 7.45. The van der Waals surface area contributed by atoms with Crippen molar-refractivity contribution >= 4 is 18.0 Å². The first-order valence-corrected chi connectivity index (χ1v) is 10.5. The SMILES string of the molecule is NC(=O)C(OC(=O)/C=C/c1cn(Cc2ccccc2)nc1-c1ccccc1)c1ccccc1. The lowest BCUT2D eigenvalue weighted by molar-refractivity contribution is -0.150. The van der Waals surface area contributed by atoms with Crippen molar-refractivity contribution in [1.29, 1.82) is 0 Å². The third kappa shape index (κ3) is 5.62. The van der Waals surface area contributed by atoms with Gasteiger partial charge in [0.1, 0.15) is 0 Å². The molecule has 0 bridgehead atoms. The zero-order valence-corrected chi connectivity index (χ0v) is 17.9. The highest BCUT2D eigenvalue weighted by Crippen LogP contribution is 2.24. The Bertz CT molecular complexity index is 1250. The van der Waals surface area contributed by atoms with E-state index >= 15 is 0 Å². The van der Waals surface area contributed by atoms with E-state index in [-0.39, 0.29) is 0 Å². The van der Waals surface area contributed by atoms with Crippen LogP contribution in [0.4, 0.5) is 0 Å². The molecule has 4 aromatic rings. The molecule has 1 amide bonds. The zero-order valence-electron chi connectivity index (χ0n) is 17.9. The maximum Gasteiger partial charge on any atom is 0.331 e. The molecule has 1 unspecified atom stereocenters. The lowest BCUT2D eigenvalue weighted by Gasteiger charge is -2.13. The average molecular weight is 437 g/mol. The van der Waals surface area contributed by atoms with Crippen molar-refractivity contribution in [3.63, 3.8) is 0 Å². The number of hydrogen-bond donors (Lipinski definition) is 1. The van der Waals surface area contributed by atoms with E-state index in [1.54, 1.807) is 30.3 Å². The number of carbonyl (C=O) groups excluding carboxylic acids is 2. The fourth-order valence-electron chi connectivity index (χ4n) is 3.46. The lowest BCUT2D eigenvalue weighted by Crippen LogP contribution is -2.25. The third-order valence-electron chi connectivity index (χ3n) is 5.02. The van der Waals surface area contributed by atoms with E-state index in [1.807, 2.05) is 77.6 Å². The van der Waals surface area contributed by atoms with Crippen LogP contribution >= 0.6 is 0 Å². The molecule has 0 saturated carbocycles. The predicted molar refractivity (Wildman–Crippen MR) is 127 cm³/mol. The molecule has 1 heterocycles. The number of amides is 1. The molecule has 0 aliphatic carbocycles. The molecule has 33 heavy (non-hydrogen) atoms. The minimum atomic E-state index is -1.15. The van der Waals surface area contributed by atoms with Crippen LogP contribution in [-0.2, 0) is 20.9 Å². The number of aromatic nitrogens is 2. The number of ether oxygens (including phenoxy) is 1. The molecule has 4 rings (SSSR count). The van der Waals surface area contributed by atoms with Crippen LogP contribution in [0.3, 0.4) is 0 Å². The number of primary amides is 1. The summed E-state index contributed by atoms with van der Waals surface area (Å²) in [5, 5.41) is 4.73. The van der Waals surface area contributed by atoms with E-state index in [2.05, 4.69) is 0 Å². The van der Waals surface area contributed by atoms with Gasteiger partial charge in [0, 0.05) is 29.0 Å². The molecule has 0 spiro atoms. The first-order chi connectivity index (χ1) is 16.1. The zero-order chi connectivity index (χ0) is 23.0. The lowest BCUT2D eigenvalue weighted by atomic mass is 10.1.